The van der Waals surface area contributed by atoms with Crippen LogP contribution in [-0.2, 0) is 12.8 Å². The van der Waals surface area contributed by atoms with Crippen molar-refractivity contribution in [2.45, 2.75) is 25.7 Å². The Morgan fingerprint density at radius 1 is 1.03 bits per heavy atom. The summed E-state index contributed by atoms with van der Waals surface area (Å²) in [7, 11) is 0. The molecule has 1 aromatic heterocycles. The predicted molar refractivity (Wildman–Crippen MR) is 113 cm³/mol. The molecule has 0 spiro atoms. The highest BCUT2D eigenvalue weighted by atomic mass is 19.1. The molecule has 0 radical (unpaired) electrons. The molecule has 3 aromatic rings. The molecule has 0 atom stereocenters. The van der Waals surface area contributed by atoms with E-state index in [9.17, 15) is 14.3 Å². The van der Waals surface area contributed by atoms with Crippen LogP contribution in [0, 0.1) is 11.7 Å². The molecule has 30 heavy (non-hydrogen) atoms. The number of halogens is 1. The lowest BCUT2D eigenvalue weighted by molar-refractivity contribution is 0.0695. The van der Waals surface area contributed by atoms with Crippen LogP contribution in [0.15, 0.2) is 60.8 Å². The second-order valence-corrected chi connectivity index (χ2v) is 7.76. The summed E-state index contributed by atoms with van der Waals surface area (Å²) in [5.74, 6) is -0.185. The monoisotopic (exact) mass is 405 g/mol. The molecule has 6 heteroatoms. The van der Waals surface area contributed by atoms with Gasteiger partial charge >= 0.3 is 5.97 Å². The Morgan fingerprint density at radius 2 is 1.73 bits per heavy atom. The van der Waals surface area contributed by atoms with E-state index in [-0.39, 0.29) is 11.4 Å². The van der Waals surface area contributed by atoms with Crippen molar-refractivity contribution in [2.24, 2.45) is 5.92 Å². The van der Waals surface area contributed by atoms with E-state index in [4.69, 9.17) is 0 Å². The van der Waals surface area contributed by atoms with Gasteiger partial charge in [-0.25, -0.2) is 19.2 Å². The van der Waals surface area contributed by atoms with Gasteiger partial charge in [0.05, 0.1) is 11.3 Å². The molecule has 2 heterocycles. The average molecular weight is 405 g/mol. The molecule has 0 unspecified atom stereocenters. The van der Waals surface area contributed by atoms with Crippen LogP contribution in [0.25, 0.3) is 0 Å². The summed E-state index contributed by atoms with van der Waals surface area (Å²) in [6, 6.07) is 16.6. The Morgan fingerprint density at radius 3 is 2.40 bits per heavy atom. The van der Waals surface area contributed by atoms with E-state index in [1.807, 2.05) is 6.07 Å². The Hall–Kier alpha value is -3.28. The number of carboxylic acid groups (broad SMARTS) is 1. The van der Waals surface area contributed by atoms with Crippen molar-refractivity contribution in [3.05, 3.63) is 89.0 Å². The molecule has 4 rings (SSSR count). The van der Waals surface area contributed by atoms with E-state index >= 15 is 0 Å². The molecule has 1 saturated heterocycles. The maximum Gasteiger partial charge on any atom is 0.339 e. The molecular formula is C24H24FN3O2. The van der Waals surface area contributed by atoms with Gasteiger partial charge < -0.3 is 10.0 Å². The number of nitrogens with zero attached hydrogens (tertiary/aromatic N) is 3. The van der Waals surface area contributed by atoms with Crippen molar-refractivity contribution >= 4 is 11.9 Å². The van der Waals surface area contributed by atoms with Gasteiger partial charge in [0.25, 0.3) is 0 Å². The molecule has 1 fully saturated rings. The highest BCUT2D eigenvalue weighted by molar-refractivity contribution is 5.88. The molecule has 154 valence electrons. The molecule has 1 aliphatic rings. The zero-order valence-corrected chi connectivity index (χ0v) is 16.7. The van der Waals surface area contributed by atoms with Crippen molar-refractivity contribution in [1.82, 2.24) is 9.97 Å². The Kier molecular flexibility index (Phi) is 6.02. The number of carboxylic acids is 1. The smallest absolute Gasteiger partial charge is 0.339 e. The minimum absolute atomic E-state index is 0.0852. The van der Waals surface area contributed by atoms with Crippen LogP contribution in [0.4, 0.5) is 10.3 Å². The molecule has 5 nitrogen and oxygen atoms in total. The largest absolute Gasteiger partial charge is 0.478 e. The van der Waals surface area contributed by atoms with Gasteiger partial charge in [0.15, 0.2) is 0 Å². The molecule has 0 saturated carbocycles. The fourth-order valence-corrected chi connectivity index (χ4v) is 3.95. The topological polar surface area (TPSA) is 66.3 Å². The molecule has 1 N–H and O–H groups in total. The van der Waals surface area contributed by atoms with Crippen LogP contribution >= 0.6 is 0 Å². The van der Waals surface area contributed by atoms with E-state index < -0.39 is 5.97 Å². The maximum absolute atomic E-state index is 13.2. The van der Waals surface area contributed by atoms with Crippen LogP contribution in [-0.4, -0.2) is 34.1 Å². The summed E-state index contributed by atoms with van der Waals surface area (Å²) >= 11 is 0. The van der Waals surface area contributed by atoms with Gasteiger partial charge in [0.1, 0.15) is 5.82 Å². The quantitative estimate of drug-likeness (QED) is 0.660. The second kappa shape index (κ2) is 9.03. The molecule has 2 aromatic carbocycles. The third-order valence-corrected chi connectivity index (χ3v) is 5.63. The van der Waals surface area contributed by atoms with Gasteiger partial charge in [-0.1, -0.05) is 42.5 Å². The number of benzene rings is 2. The van der Waals surface area contributed by atoms with Crippen molar-refractivity contribution < 1.29 is 14.3 Å². The highest BCUT2D eigenvalue weighted by Gasteiger charge is 2.23. The molecule has 1 aliphatic heterocycles. The van der Waals surface area contributed by atoms with Gasteiger partial charge in [0.2, 0.25) is 5.95 Å². The third kappa shape index (κ3) is 4.82. The van der Waals surface area contributed by atoms with Crippen LogP contribution < -0.4 is 4.90 Å². The van der Waals surface area contributed by atoms with E-state index in [2.05, 4.69) is 39.1 Å². The van der Waals surface area contributed by atoms with Crippen molar-refractivity contribution in [3.63, 3.8) is 0 Å². The predicted octanol–water partition coefficient (Wildman–Crippen LogP) is 4.36. The zero-order chi connectivity index (χ0) is 20.9. The van der Waals surface area contributed by atoms with E-state index in [1.54, 1.807) is 12.1 Å². The van der Waals surface area contributed by atoms with E-state index in [0.29, 0.717) is 24.0 Å². The number of carbonyl (C=O) groups is 1. The first-order valence-corrected chi connectivity index (χ1v) is 10.2. The van der Waals surface area contributed by atoms with Crippen LogP contribution in [0.1, 0.15) is 40.0 Å². The first-order chi connectivity index (χ1) is 14.6. The lowest BCUT2D eigenvalue weighted by Gasteiger charge is -2.32. The number of anilines is 1. The first kappa shape index (κ1) is 20.0. The normalized spacial score (nSPS) is 14.6. The zero-order valence-electron chi connectivity index (χ0n) is 16.7. The first-order valence-electron chi connectivity index (χ1n) is 10.2. The number of rotatable bonds is 6. The Bertz CT molecular complexity index is 1000. The van der Waals surface area contributed by atoms with Gasteiger partial charge in [0, 0.05) is 25.7 Å². The number of piperidine rings is 1. The van der Waals surface area contributed by atoms with Crippen LogP contribution in [0.5, 0.6) is 0 Å². The van der Waals surface area contributed by atoms with Gasteiger partial charge in [-0.2, -0.15) is 0 Å². The average Bonchev–Trinajstić information content (AvgIpc) is 2.76. The summed E-state index contributed by atoms with van der Waals surface area (Å²) in [6.45, 7) is 1.69. The Labute approximate surface area is 175 Å². The van der Waals surface area contributed by atoms with Gasteiger partial charge in [-0.15, -0.1) is 0 Å². The van der Waals surface area contributed by atoms with Crippen LogP contribution in [0.3, 0.4) is 0 Å². The van der Waals surface area contributed by atoms with Gasteiger partial charge in [-0.05, 0) is 48.4 Å². The standard InChI is InChI=1S/C24H24FN3O2/c25-20-8-6-18(7-9-20)15-22-21(23(29)30)16-26-24(27-22)28-12-10-19(11-13-28)14-17-4-2-1-3-5-17/h1-9,16,19H,10-15H2,(H,29,30). The fraction of sp³-hybridized carbons (Fsp3) is 0.292. The minimum atomic E-state index is -1.06. The summed E-state index contributed by atoms with van der Waals surface area (Å²) in [4.78, 5) is 22.7. The molecule has 0 amide bonds. The Balaban J connectivity index is 1.46. The van der Waals surface area contributed by atoms with E-state index in [1.165, 1.54) is 23.9 Å². The van der Waals surface area contributed by atoms with Crippen molar-refractivity contribution in [1.29, 1.82) is 0 Å². The molecule has 0 aliphatic carbocycles. The summed E-state index contributed by atoms with van der Waals surface area (Å²) < 4.78 is 13.2. The summed E-state index contributed by atoms with van der Waals surface area (Å²) in [6.07, 6.45) is 4.88. The van der Waals surface area contributed by atoms with E-state index in [0.717, 1.165) is 37.9 Å². The van der Waals surface area contributed by atoms with Crippen molar-refractivity contribution in [2.75, 3.05) is 18.0 Å². The van der Waals surface area contributed by atoms with Crippen LogP contribution in [0.2, 0.25) is 0 Å². The minimum Gasteiger partial charge on any atom is -0.478 e. The lowest BCUT2D eigenvalue weighted by atomic mass is 9.90. The molecule has 0 bridgehead atoms. The molecular weight excluding hydrogens is 381 g/mol. The number of hydrogen-bond donors (Lipinski definition) is 1. The maximum atomic E-state index is 13.2. The third-order valence-electron chi connectivity index (χ3n) is 5.63. The number of hydrogen-bond acceptors (Lipinski definition) is 4. The lowest BCUT2D eigenvalue weighted by Crippen LogP contribution is -2.35. The summed E-state index contributed by atoms with van der Waals surface area (Å²) in [5, 5.41) is 9.51. The van der Waals surface area contributed by atoms with Gasteiger partial charge in [-0.3, -0.25) is 0 Å². The SMILES string of the molecule is O=C(O)c1cnc(N2CCC(Cc3ccccc3)CC2)nc1Cc1ccc(F)cc1. The fourth-order valence-electron chi connectivity index (χ4n) is 3.95. The number of aromatic carboxylic acids is 1. The highest BCUT2D eigenvalue weighted by Crippen LogP contribution is 2.25. The van der Waals surface area contributed by atoms with Crippen molar-refractivity contribution in [3.8, 4) is 0 Å². The number of aromatic nitrogens is 2. The summed E-state index contributed by atoms with van der Waals surface area (Å²) in [5.41, 5.74) is 2.71. The second-order valence-electron chi connectivity index (χ2n) is 7.76.